The minimum absolute atomic E-state index is 0.321. The average Bonchev–Trinajstić information content (AvgIpc) is 3.41. The number of hydrogen-bond donors (Lipinski definition) is 3. The van der Waals surface area contributed by atoms with Crippen molar-refractivity contribution in [3.05, 3.63) is 108 Å². The summed E-state index contributed by atoms with van der Waals surface area (Å²) in [6, 6.07) is 28.9. The first kappa shape index (κ1) is 26.9. The Kier molecular flexibility index (Phi) is 9.50. The molecule has 3 aromatic rings. The van der Waals surface area contributed by atoms with E-state index >= 15 is 0 Å². The highest BCUT2D eigenvalue weighted by Gasteiger charge is 2.27. The van der Waals surface area contributed by atoms with Gasteiger partial charge in [0, 0.05) is 37.8 Å². The number of likely N-dealkylation sites (tertiary alicyclic amines) is 1. The fraction of sp³-hybridized carbons (Fsp3) is 0.267. The summed E-state index contributed by atoms with van der Waals surface area (Å²) >= 11 is 0. The fourth-order valence-corrected chi connectivity index (χ4v) is 4.70. The SMILES string of the molecule is O=C(O)C=CC(=O)O.c1ccc(C(c2ccccc2)N2CCC(NCc3ccc4c(c3)OCO4)CC2)cc1. The van der Waals surface area contributed by atoms with Crippen molar-refractivity contribution >= 4 is 11.9 Å². The lowest BCUT2D eigenvalue weighted by atomic mass is 9.94. The van der Waals surface area contributed by atoms with E-state index in [1.165, 1.54) is 16.7 Å². The summed E-state index contributed by atoms with van der Waals surface area (Å²) in [5.74, 6) is -0.808. The number of ether oxygens (including phenoxy) is 2. The van der Waals surface area contributed by atoms with Gasteiger partial charge in [-0.15, -0.1) is 0 Å². The van der Waals surface area contributed by atoms with Crippen LogP contribution in [0.15, 0.2) is 91.0 Å². The van der Waals surface area contributed by atoms with Gasteiger partial charge in [-0.25, -0.2) is 9.59 Å². The van der Waals surface area contributed by atoms with Crippen molar-refractivity contribution in [3.8, 4) is 11.5 Å². The molecule has 0 bridgehead atoms. The zero-order chi connectivity index (χ0) is 26.7. The number of carbonyl (C=O) groups is 2. The van der Waals surface area contributed by atoms with Crippen LogP contribution in [-0.4, -0.2) is 53.0 Å². The molecule has 0 aromatic heterocycles. The number of fused-ring (bicyclic) bond motifs is 1. The molecule has 0 amide bonds. The van der Waals surface area contributed by atoms with Gasteiger partial charge < -0.3 is 25.0 Å². The number of benzene rings is 3. The molecule has 1 saturated heterocycles. The molecule has 8 nitrogen and oxygen atoms in total. The molecule has 198 valence electrons. The van der Waals surface area contributed by atoms with Crippen LogP contribution in [0.25, 0.3) is 0 Å². The van der Waals surface area contributed by atoms with E-state index in [0.717, 1.165) is 44.0 Å². The lowest BCUT2D eigenvalue weighted by Gasteiger charge is -2.38. The highest BCUT2D eigenvalue weighted by molar-refractivity contribution is 5.89. The van der Waals surface area contributed by atoms with Crippen molar-refractivity contribution in [2.45, 2.75) is 31.5 Å². The summed E-state index contributed by atoms with van der Waals surface area (Å²) in [6.45, 7) is 3.37. The second-order valence-electron chi connectivity index (χ2n) is 9.11. The zero-order valence-corrected chi connectivity index (χ0v) is 21.0. The Morgan fingerprint density at radius 1 is 0.842 bits per heavy atom. The van der Waals surface area contributed by atoms with Gasteiger partial charge in [-0.3, -0.25) is 4.90 Å². The molecule has 3 N–H and O–H groups in total. The molecule has 2 heterocycles. The molecule has 1 fully saturated rings. The van der Waals surface area contributed by atoms with Gasteiger partial charge in [0.1, 0.15) is 0 Å². The Morgan fingerprint density at radius 3 is 1.95 bits per heavy atom. The van der Waals surface area contributed by atoms with Gasteiger partial charge in [0.2, 0.25) is 6.79 Å². The van der Waals surface area contributed by atoms with E-state index in [0.29, 0.717) is 31.0 Å². The predicted molar refractivity (Wildman–Crippen MR) is 143 cm³/mol. The van der Waals surface area contributed by atoms with E-state index in [1.807, 2.05) is 6.07 Å². The Hall–Kier alpha value is -4.14. The number of nitrogens with one attached hydrogen (secondary N) is 1. The Morgan fingerprint density at radius 2 is 1.39 bits per heavy atom. The number of carboxylic acid groups (broad SMARTS) is 2. The number of hydrogen-bond acceptors (Lipinski definition) is 6. The van der Waals surface area contributed by atoms with E-state index < -0.39 is 11.9 Å². The second-order valence-corrected chi connectivity index (χ2v) is 9.11. The Balaban J connectivity index is 0.000000368. The molecule has 0 atom stereocenters. The Bertz CT molecular complexity index is 1170. The summed E-state index contributed by atoms with van der Waals surface area (Å²) in [5, 5.41) is 19.4. The highest BCUT2D eigenvalue weighted by Crippen LogP contribution is 2.33. The van der Waals surface area contributed by atoms with Crippen LogP contribution < -0.4 is 14.8 Å². The maximum atomic E-state index is 9.55. The number of piperidine rings is 1. The minimum atomic E-state index is -1.26. The molecule has 5 rings (SSSR count). The van der Waals surface area contributed by atoms with E-state index in [4.69, 9.17) is 19.7 Å². The van der Waals surface area contributed by atoms with Gasteiger partial charge in [-0.1, -0.05) is 66.7 Å². The molecule has 2 aliphatic rings. The number of aliphatic carboxylic acids is 2. The molecule has 0 unspecified atom stereocenters. The third kappa shape index (κ3) is 7.68. The highest BCUT2D eigenvalue weighted by atomic mass is 16.7. The molecule has 0 spiro atoms. The lowest BCUT2D eigenvalue weighted by Crippen LogP contribution is -2.43. The van der Waals surface area contributed by atoms with Crippen molar-refractivity contribution in [2.24, 2.45) is 0 Å². The van der Waals surface area contributed by atoms with E-state index in [2.05, 4.69) is 83.0 Å². The topological polar surface area (TPSA) is 108 Å². The largest absolute Gasteiger partial charge is 0.478 e. The van der Waals surface area contributed by atoms with Gasteiger partial charge in [-0.05, 0) is 41.7 Å². The van der Waals surface area contributed by atoms with Crippen LogP contribution >= 0.6 is 0 Å². The third-order valence-electron chi connectivity index (χ3n) is 6.53. The van der Waals surface area contributed by atoms with E-state index in [9.17, 15) is 9.59 Å². The van der Waals surface area contributed by atoms with Gasteiger partial charge in [0.15, 0.2) is 11.5 Å². The first-order valence-electron chi connectivity index (χ1n) is 12.6. The van der Waals surface area contributed by atoms with Crippen LogP contribution in [0.3, 0.4) is 0 Å². The first-order valence-corrected chi connectivity index (χ1v) is 12.6. The predicted octanol–water partition coefficient (Wildman–Crippen LogP) is 4.47. The first-order chi connectivity index (χ1) is 18.5. The quantitative estimate of drug-likeness (QED) is 0.377. The van der Waals surface area contributed by atoms with Gasteiger partial charge >= 0.3 is 11.9 Å². The summed E-state index contributed by atoms with van der Waals surface area (Å²) in [4.78, 5) is 21.7. The summed E-state index contributed by atoms with van der Waals surface area (Å²) < 4.78 is 10.9. The fourth-order valence-electron chi connectivity index (χ4n) is 4.70. The van der Waals surface area contributed by atoms with Crippen molar-refractivity contribution in [3.63, 3.8) is 0 Å². The molecule has 0 radical (unpaired) electrons. The number of rotatable bonds is 8. The van der Waals surface area contributed by atoms with E-state index in [1.54, 1.807) is 0 Å². The van der Waals surface area contributed by atoms with Crippen LogP contribution in [0.2, 0.25) is 0 Å². The number of carboxylic acids is 2. The second kappa shape index (κ2) is 13.4. The molecule has 0 saturated carbocycles. The third-order valence-corrected chi connectivity index (χ3v) is 6.53. The molecule has 38 heavy (non-hydrogen) atoms. The van der Waals surface area contributed by atoms with Crippen molar-refractivity contribution in [1.29, 1.82) is 0 Å². The average molecular weight is 517 g/mol. The van der Waals surface area contributed by atoms with Crippen LogP contribution in [0.5, 0.6) is 11.5 Å². The summed E-state index contributed by atoms with van der Waals surface area (Å²) in [7, 11) is 0. The molecule has 0 aliphatic carbocycles. The van der Waals surface area contributed by atoms with E-state index in [-0.39, 0.29) is 0 Å². The van der Waals surface area contributed by atoms with Gasteiger partial charge in [0.05, 0.1) is 6.04 Å². The maximum absolute atomic E-state index is 9.55. The van der Waals surface area contributed by atoms with Crippen molar-refractivity contribution < 1.29 is 29.3 Å². The lowest BCUT2D eigenvalue weighted by molar-refractivity contribution is -0.134. The molecule has 8 heteroatoms. The van der Waals surface area contributed by atoms with Crippen LogP contribution in [0, 0.1) is 0 Å². The minimum Gasteiger partial charge on any atom is -0.478 e. The number of nitrogens with zero attached hydrogens (tertiary/aromatic N) is 1. The summed E-state index contributed by atoms with van der Waals surface area (Å²) in [6.07, 6.45) is 3.42. The van der Waals surface area contributed by atoms with Crippen LogP contribution in [-0.2, 0) is 16.1 Å². The Labute approximate surface area is 222 Å². The normalized spacial score (nSPS) is 15.3. The smallest absolute Gasteiger partial charge is 0.328 e. The van der Waals surface area contributed by atoms with Crippen LogP contribution in [0.4, 0.5) is 0 Å². The standard InChI is InChI=1S/C26H28N2O2.C4H4O4/c1-3-7-21(8-4-1)26(22-9-5-2-6-10-22)28-15-13-23(14-16-28)27-18-20-11-12-24-25(17-20)30-19-29-24;5-3(6)1-2-4(7)8/h1-12,17,23,26-27H,13-16,18-19H2;1-2H,(H,5,6)(H,7,8). The van der Waals surface area contributed by atoms with Gasteiger partial charge in [-0.2, -0.15) is 0 Å². The maximum Gasteiger partial charge on any atom is 0.328 e. The molecular weight excluding hydrogens is 484 g/mol. The molecule has 3 aromatic carbocycles. The molecule has 2 aliphatic heterocycles. The van der Waals surface area contributed by atoms with Crippen LogP contribution in [0.1, 0.15) is 35.6 Å². The summed E-state index contributed by atoms with van der Waals surface area (Å²) in [5.41, 5.74) is 3.99. The zero-order valence-electron chi connectivity index (χ0n) is 21.0. The monoisotopic (exact) mass is 516 g/mol. The van der Waals surface area contributed by atoms with Crippen molar-refractivity contribution in [1.82, 2.24) is 10.2 Å². The molecular formula is C30H32N2O6. The van der Waals surface area contributed by atoms with Gasteiger partial charge in [0.25, 0.3) is 0 Å². The van der Waals surface area contributed by atoms with Crippen molar-refractivity contribution in [2.75, 3.05) is 19.9 Å².